The molecule has 1 amide bonds. The molecular weight excluding hydrogens is 316 g/mol. The Kier molecular flexibility index (Phi) is 6.08. The molecule has 0 aliphatic carbocycles. The second-order valence-electron chi connectivity index (χ2n) is 5.54. The predicted molar refractivity (Wildman–Crippen MR) is 95.2 cm³/mol. The van der Waals surface area contributed by atoms with Crippen LogP contribution in [0, 0.1) is 11.3 Å². The van der Waals surface area contributed by atoms with Gasteiger partial charge in [0, 0.05) is 19.7 Å². The highest BCUT2D eigenvalue weighted by Crippen LogP contribution is 2.14. The number of hydrogen-bond donors (Lipinski definition) is 0. The first kappa shape index (κ1) is 18.0. The highest BCUT2D eigenvalue weighted by atomic mass is 16.5. The number of rotatable bonds is 6. The Balaban J connectivity index is 1.99. The van der Waals surface area contributed by atoms with Gasteiger partial charge in [0.2, 0.25) is 0 Å². The van der Waals surface area contributed by atoms with E-state index in [1.54, 1.807) is 62.6 Å². The van der Waals surface area contributed by atoms with Gasteiger partial charge in [0.1, 0.15) is 5.75 Å². The molecule has 126 valence electrons. The maximum Gasteiger partial charge on any atom is 0.259 e. The fourth-order valence-electron chi connectivity index (χ4n) is 1.97. The maximum atomic E-state index is 12.2. The number of benzene rings is 2. The van der Waals surface area contributed by atoms with E-state index in [1.165, 1.54) is 11.0 Å². The third-order valence-electron chi connectivity index (χ3n) is 3.44. The van der Waals surface area contributed by atoms with Gasteiger partial charge in [0.15, 0.2) is 12.4 Å². The molecule has 0 aliphatic rings. The molecule has 0 radical (unpaired) electrons. The molecule has 0 spiro atoms. The second kappa shape index (κ2) is 8.46. The molecule has 0 unspecified atom stereocenters. The van der Waals surface area contributed by atoms with Gasteiger partial charge in [0.25, 0.3) is 5.91 Å². The zero-order valence-electron chi connectivity index (χ0n) is 14.1. The summed E-state index contributed by atoms with van der Waals surface area (Å²) in [5.41, 5.74) is 1.84. The molecule has 0 aliphatic heterocycles. The zero-order chi connectivity index (χ0) is 18.2. The van der Waals surface area contributed by atoms with Crippen LogP contribution in [-0.2, 0) is 4.79 Å². The molecule has 0 heterocycles. The van der Waals surface area contributed by atoms with Crippen molar-refractivity contribution in [3.63, 3.8) is 0 Å². The minimum atomic E-state index is -0.154. The first-order valence-corrected chi connectivity index (χ1v) is 7.65. The summed E-state index contributed by atoms with van der Waals surface area (Å²) in [6.45, 7) is -0.0462. The summed E-state index contributed by atoms with van der Waals surface area (Å²) >= 11 is 0. The first-order chi connectivity index (χ1) is 12.0. The smallest absolute Gasteiger partial charge is 0.259 e. The lowest BCUT2D eigenvalue weighted by Gasteiger charge is -2.11. The van der Waals surface area contributed by atoms with Crippen LogP contribution in [0.25, 0.3) is 6.08 Å². The third kappa shape index (κ3) is 5.33. The van der Waals surface area contributed by atoms with Gasteiger partial charge >= 0.3 is 0 Å². The number of carbonyl (C=O) groups excluding carboxylic acids is 2. The molecule has 0 atom stereocenters. The molecule has 25 heavy (non-hydrogen) atoms. The highest BCUT2D eigenvalue weighted by molar-refractivity contribution is 6.06. The van der Waals surface area contributed by atoms with Gasteiger partial charge in [-0.15, -0.1) is 0 Å². The number of ether oxygens (including phenoxy) is 1. The number of nitrogens with zero attached hydrogens (tertiary/aromatic N) is 2. The van der Waals surface area contributed by atoms with Crippen LogP contribution < -0.4 is 4.74 Å². The van der Waals surface area contributed by atoms with Gasteiger partial charge in [-0.05, 0) is 48.0 Å². The molecule has 5 heteroatoms. The number of amides is 1. The minimum Gasteiger partial charge on any atom is -0.484 e. The Bertz CT molecular complexity index is 831. The van der Waals surface area contributed by atoms with Crippen LogP contribution in [0.3, 0.4) is 0 Å². The van der Waals surface area contributed by atoms with Crippen molar-refractivity contribution in [3.05, 3.63) is 71.3 Å². The summed E-state index contributed by atoms with van der Waals surface area (Å²) in [5, 5.41) is 8.88. The molecular formula is C20H18N2O3. The standard InChI is InChI=1S/C20H18N2O3/c1-22(2)20(24)14-25-18-9-7-17(8-10-18)19(23)11-6-15-4-3-5-16(12-15)13-21/h3-12H,14H2,1-2H3. The molecule has 0 fully saturated rings. The zero-order valence-corrected chi connectivity index (χ0v) is 14.1. The molecule has 0 bridgehead atoms. The second-order valence-corrected chi connectivity index (χ2v) is 5.54. The number of hydrogen-bond acceptors (Lipinski definition) is 4. The van der Waals surface area contributed by atoms with Crippen molar-refractivity contribution in [2.45, 2.75) is 0 Å². The molecule has 2 aromatic carbocycles. The van der Waals surface area contributed by atoms with E-state index in [-0.39, 0.29) is 18.3 Å². The number of likely N-dealkylation sites (N-methyl/N-ethyl adjacent to an activating group) is 1. The topological polar surface area (TPSA) is 70.4 Å². The van der Waals surface area contributed by atoms with Crippen LogP contribution in [0.2, 0.25) is 0 Å². The van der Waals surface area contributed by atoms with E-state index in [2.05, 4.69) is 6.07 Å². The monoisotopic (exact) mass is 334 g/mol. The fraction of sp³-hybridized carbons (Fsp3) is 0.150. The molecule has 0 N–H and O–H groups in total. The highest BCUT2D eigenvalue weighted by Gasteiger charge is 2.06. The number of carbonyl (C=O) groups is 2. The Morgan fingerprint density at radius 3 is 2.52 bits per heavy atom. The average molecular weight is 334 g/mol. The minimum absolute atomic E-state index is 0.0462. The normalized spacial score (nSPS) is 10.3. The van der Waals surface area contributed by atoms with Gasteiger partial charge < -0.3 is 9.64 Å². The third-order valence-corrected chi connectivity index (χ3v) is 3.44. The van der Waals surface area contributed by atoms with E-state index in [0.717, 1.165) is 5.56 Å². The van der Waals surface area contributed by atoms with Gasteiger partial charge in [-0.25, -0.2) is 0 Å². The van der Waals surface area contributed by atoms with Crippen molar-refractivity contribution >= 4 is 17.8 Å². The van der Waals surface area contributed by atoms with Crippen LogP contribution in [0.5, 0.6) is 5.75 Å². The van der Waals surface area contributed by atoms with Crippen molar-refractivity contribution in [1.82, 2.24) is 4.90 Å². The van der Waals surface area contributed by atoms with E-state index in [9.17, 15) is 9.59 Å². The Hall–Kier alpha value is -3.39. The lowest BCUT2D eigenvalue weighted by atomic mass is 10.1. The lowest BCUT2D eigenvalue weighted by molar-refractivity contribution is -0.130. The van der Waals surface area contributed by atoms with Crippen molar-refractivity contribution in [3.8, 4) is 11.8 Å². The van der Waals surface area contributed by atoms with Crippen molar-refractivity contribution in [2.24, 2.45) is 0 Å². The molecule has 2 aromatic rings. The SMILES string of the molecule is CN(C)C(=O)COc1ccc(C(=O)C=Cc2cccc(C#N)c2)cc1. The van der Waals surface area contributed by atoms with Crippen LogP contribution in [0.4, 0.5) is 0 Å². The van der Waals surface area contributed by atoms with E-state index in [4.69, 9.17) is 10.00 Å². The summed E-state index contributed by atoms with van der Waals surface area (Å²) < 4.78 is 5.37. The molecule has 0 saturated heterocycles. The van der Waals surface area contributed by atoms with Crippen LogP contribution in [-0.4, -0.2) is 37.3 Å². The average Bonchev–Trinajstić information content (AvgIpc) is 2.64. The molecule has 0 aromatic heterocycles. The molecule has 2 rings (SSSR count). The van der Waals surface area contributed by atoms with Crippen molar-refractivity contribution in [1.29, 1.82) is 5.26 Å². The van der Waals surface area contributed by atoms with Gasteiger partial charge in [-0.3, -0.25) is 9.59 Å². The summed E-state index contributed by atoms with van der Waals surface area (Å²) in [7, 11) is 3.32. The van der Waals surface area contributed by atoms with Gasteiger partial charge in [-0.1, -0.05) is 18.2 Å². The summed E-state index contributed by atoms with van der Waals surface area (Å²) in [4.78, 5) is 25.1. The number of ketones is 1. The van der Waals surface area contributed by atoms with Gasteiger partial charge in [-0.2, -0.15) is 5.26 Å². The largest absolute Gasteiger partial charge is 0.484 e. The van der Waals surface area contributed by atoms with Crippen molar-refractivity contribution < 1.29 is 14.3 Å². The van der Waals surface area contributed by atoms with Crippen molar-refractivity contribution in [2.75, 3.05) is 20.7 Å². The van der Waals surface area contributed by atoms with Crippen LogP contribution in [0.1, 0.15) is 21.5 Å². The first-order valence-electron chi connectivity index (χ1n) is 7.65. The molecule has 5 nitrogen and oxygen atoms in total. The number of allylic oxidation sites excluding steroid dienone is 1. The molecule has 0 saturated carbocycles. The van der Waals surface area contributed by atoms with E-state index >= 15 is 0 Å². The predicted octanol–water partition coefficient (Wildman–Crippen LogP) is 2.92. The summed E-state index contributed by atoms with van der Waals surface area (Å²) in [6.07, 6.45) is 3.13. The fourth-order valence-corrected chi connectivity index (χ4v) is 1.97. The van der Waals surface area contributed by atoms with E-state index in [1.807, 2.05) is 6.07 Å². The van der Waals surface area contributed by atoms with Crippen LogP contribution >= 0.6 is 0 Å². The quantitative estimate of drug-likeness (QED) is 0.601. The summed E-state index contributed by atoms with van der Waals surface area (Å²) in [5.74, 6) is 0.235. The summed E-state index contributed by atoms with van der Waals surface area (Å²) in [6, 6.07) is 15.7. The van der Waals surface area contributed by atoms with E-state index < -0.39 is 0 Å². The Morgan fingerprint density at radius 1 is 1.16 bits per heavy atom. The van der Waals surface area contributed by atoms with Gasteiger partial charge in [0.05, 0.1) is 11.6 Å². The van der Waals surface area contributed by atoms with Crippen LogP contribution in [0.15, 0.2) is 54.6 Å². The maximum absolute atomic E-state index is 12.2. The lowest BCUT2D eigenvalue weighted by Crippen LogP contribution is -2.27. The Morgan fingerprint density at radius 2 is 1.88 bits per heavy atom. The Labute approximate surface area is 146 Å². The number of nitriles is 1. The van der Waals surface area contributed by atoms with E-state index in [0.29, 0.717) is 16.9 Å².